The minimum Gasteiger partial charge on any atom is -0.356 e. The van der Waals surface area contributed by atoms with Gasteiger partial charge in [0.15, 0.2) is 0 Å². The largest absolute Gasteiger partial charge is 0.356 e. The lowest BCUT2D eigenvalue weighted by Crippen LogP contribution is -2.45. The molecule has 1 unspecified atom stereocenters. The number of piperidine rings is 1. The van der Waals surface area contributed by atoms with E-state index in [1.54, 1.807) is 27.3 Å². The van der Waals surface area contributed by atoms with Gasteiger partial charge in [0.2, 0.25) is 10.0 Å². The molecule has 0 radical (unpaired) electrons. The second-order valence-corrected chi connectivity index (χ2v) is 7.46. The molecule has 0 aromatic carbocycles. The first kappa shape index (κ1) is 15.5. The third-order valence-electron chi connectivity index (χ3n) is 3.75. The van der Waals surface area contributed by atoms with E-state index in [0.29, 0.717) is 18.0 Å². The summed E-state index contributed by atoms with van der Waals surface area (Å²) in [5.74, 6) is 0. The highest BCUT2D eigenvalue weighted by molar-refractivity contribution is 7.89. The number of aryl methyl sites for hydroxylation is 1. The van der Waals surface area contributed by atoms with E-state index in [1.807, 2.05) is 14.0 Å². The molecule has 0 aliphatic carbocycles. The van der Waals surface area contributed by atoms with Crippen LogP contribution in [0.3, 0.4) is 0 Å². The molecule has 2 rings (SSSR count). The molecule has 1 fully saturated rings. The molecule has 114 valence electrons. The summed E-state index contributed by atoms with van der Waals surface area (Å²) in [5.41, 5.74) is 0. The van der Waals surface area contributed by atoms with Crippen molar-refractivity contribution in [2.75, 3.05) is 19.6 Å². The van der Waals surface area contributed by atoms with Crippen molar-refractivity contribution in [1.82, 2.24) is 14.2 Å². The Hall–Kier alpha value is -0.850. The molecule has 0 amide bonds. The smallest absolute Gasteiger partial charge is 0.244 e. The molecule has 2 heterocycles. The number of rotatable bonds is 6. The van der Waals surface area contributed by atoms with E-state index < -0.39 is 10.0 Å². The fourth-order valence-electron chi connectivity index (χ4n) is 2.66. The van der Waals surface area contributed by atoms with E-state index >= 15 is 0 Å². The monoisotopic (exact) mass is 299 g/mol. The summed E-state index contributed by atoms with van der Waals surface area (Å²) in [6.45, 7) is 4.16. The molecular formula is C14H25N3O2S. The maximum Gasteiger partial charge on any atom is 0.244 e. The summed E-state index contributed by atoms with van der Waals surface area (Å²) in [6, 6.07) is 1.96. The summed E-state index contributed by atoms with van der Waals surface area (Å²) in [4.78, 5) is 0.393. The van der Waals surface area contributed by atoms with Gasteiger partial charge in [0.05, 0.1) is 4.90 Å². The van der Waals surface area contributed by atoms with Crippen LogP contribution >= 0.6 is 0 Å². The Labute approximate surface area is 122 Å². The normalized spacial score (nSPS) is 20.4. The number of aromatic nitrogens is 1. The van der Waals surface area contributed by atoms with E-state index in [9.17, 15) is 8.42 Å². The van der Waals surface area contributed by atoms with E-state index in [-0.39, 0.29) is 6.04 Å². The molecule has 20 heavy (non-hydrogen) atoms. The lowest BCUT2D eigenvalue weighted by atomic mass is 10.1. The zero-order chi connectivity index (χ0) is 14.6. The number of sulfonamides is 1. The summed E-state index contributed by atoms with van der Waals surface area (Å²) < 4.78 is 28.8. The number of hydrogen-bond donors (Lipinski definition) is 1. The predicted molar refractivity (Wildman–Crippen MR) is 80.1 cm³/mol. The van der Waals surface area contributed by atoms with Crippen LogP contribution in [0.1, 0.15) is 32.6 Å². The average Bonchev–Trinajstić information content (AvgIpc) is 2.87. The molecule has 1 saturated heterocycles. The first-order chi connectivity index (χ1) is 9.54. The van der Waals surface area contributed by atoms with Crippen LogP contribution in [0.25, 0.3) is 0 Å². The Morgan fingerprint density at radius 2 is 2.25 bits per heavy atom. The molecule has 1 aliphatic heterocycles. The minimum absolute atomic E-state index is 0.286. The van der Waals surface area contributed by atoms with Crippen LogP contribution in [0.2, 0.25) is 0 Å². The highest BCUT2D eigenvalue weighted by atomic mass is 32.2. The standard InChI is InChI=1S/C14H25N3O2S/c1-3-9-17(11-13-6-4-5-8-15-13)20(18,19)14-7-10-16(2)12-14/h7,10,12-13,15H,3-6,8-9,11H2,1-2H3. The van der Waals surface area contributed by atoms with Crippen molar-refractivity contribution in [2.45, 2.75) is 43.5 Å². The summed E-state index contributed by atoms with van der Waals surface area (Å²) in [6.07, 6.45) is 7.71. The summed E-state index contributed by atoms with van der Waals surface area (Å²) in [5, 5.41) is 3.43. The Morgan fingerprint density at radius 3 is 2.80 bits per heavy atom. The van der Waals surface area contributed by atoms with Crippen LogP contribution in [0.5, 0.6) is 0 Å². The fourth-order valence-corrected chi connectivity index (χ4v) is 4.29. The Kier molecular flexibility index (Phi) is 5.23. The van der Waals surface area contributed by atoms with Crippen molar-refractivity contribution < 1.29 is 8.42 Å². The summed E-state index contributed by atoms with van der Waals surface area (Å²) >= 11 is 0. The second-order valence-electron chi connectivity index (χ2n) is 5.52. The van der Waals surface area contributed by atoms with Crippen LogP contribution in [0, 0.1) is 0 Å². The molecular weight excluding hydrogens is 274 g/mol. The number of nitrogens with one attached hydrogen (secondary N) is 1. The van der Waals surface area contributed by atoms with Gasteiger partial charge in [-0.2, -0.15) is 4.31 Å². The van der Waals surface area contributed by atoms with Gasteiger partial charge in [0.1, 0.15) is 0 Å². The Morgan fingerprint density at radius 1 is 1.45 bits per heavy atom. The lowest BCUT2D eigenvalue weighted by Gasteiger charge is -2.29. The zero-order valence-corrected chi connectivity index (χ0v) is 13.2. The highest BCUT2D eigenvalue weighted by Crippen LogP contribution is 2.18. The van der Waals surface area contributed by atoms with Crippen LogP contribution in [-0.2, 0) is 17.1 Å². The van der Waals surface area contributed by atoms with E-state index in [2.05, 4.69) is 5.32 Å². The molecule has 1 N–H and O–H groups in total. The quantitative estimate of drug-likeness (QED) is 0.867. The van der Waals surface area contributed by atoms with Gasteiger partial charge < -0.3 is 9.88 Å². The fraction of sp³-hybridized carbons (Fsp3) is 0.714. The predicted octanol–water partition coefficient (Wildman–Crippen LogP) is 1.57. The third kappa shape index (κ3) is 3.62. The van der Waals surface area contributed by atoms with Gasteiger partial charge >= 0.3 is 0 Å². The lowest BCUT2D eigenvalue weighted by molar-refractivity contribution is 0.312. The second kappa shape index (κ2) is 6.74. The van der Waals surface area contributed by atoms with Gasteiger partial charge in [-0.15, -0.1) is 0 Å². The highest BCUT2D eigenvalue weighted by Gasteiger charge is 2.27. The van der Waals surface area contributed by atoms with Crippen molar-refractivity contribution in [2.24, 2.45) is 7.05 Å². The zero-order valence-electron chi connectivity index (χ0n) is 12.4. The van der Waals surface area contributed by atoms with E-state index in [0.717, 1.165) is 19.4 Å². The SMILES string of the molecule is CCCN(CC1CCCCN1)S(=O)(=O)c1ccn(C)c1. The molecule has 1 aromatic heterocycles. The maximum absolute atomic E-state index is 12.7. The van der Waals surface area contributed by atoms with Gasteiger partial charge in [-0.25, -0.2) is 8.42 Å². The van der Waals surface area contributed by atoms with Gasteiger partial charge in [-0.3, -0.25) is 0 Å². The molecule has 0 saturated carbocycles. The Balaban J connectivity index is 2.14. The molecule has 1 atom stereocenters. The van der Waals surface area contributed by atoms with E-state index in [1.165, 1.54) is 12.8 Å². The first-order valence-electron chi connectivity index (χ1n) is 7.39. The molecule has 0 bridgehead atoms. The first-order valence-corrected chi connectivity index (χ1v) is 8.83. The molecule has 0 spiro atoms. The van der Waals surface area contributed by atoms with Crippen molar-refractivity contribution in [3.63, 3.8) is 0 Å². The third-order valence-corrected chi connectivity index (χ3v) is 5.60. The van der Waals surface area contributed by atoms with E-state index in [4.69, 9.17) is 0 Å². The van der Waals surface area contributed by atoms with Gasteiger partial charge in [-0.05, 0) is 31.9 Å². The van der Waals surface area contributed by atoms with Crippen LogP contribution < -0.4 is 5.32 Å². The van der Waals surface area contributed by atoms with Crippen molar-refractivity contribution in [1.29, 1.82) is 0 Å². The Bertz CT molecular complexity index is 518. The van der Waals surface area contributed by atoms with Crippen LogP contribution in [0.15, 0.2) is 23.4 Å². The van der Waals surface area contributed by atoms with Crippen LogP contribution in [0.4, 0.5) is 0 Å². The van der Waals surface area contributed by atoms with Crippen LogP contribution in [-0.4, -0.2) is 43.0 Å². The van der Waals surface area contributed by atoms with Crippen molar-refractivity contribution >= 4 is 10.0 Å². The molecule has 1 aliphatic rings. The maximum atomic E-state index is 12.7. The van der Waals surface area contributed by atoms with Crippen molar-refractivity contribution in [3.05, 3.63) is 18.5 Å². The minimum atomic E-state index is -3.37. The average molecular weight is 299 g/mol. The number of hydrogen-bond acceptors (Lipinski definition) is 3. The van der Waals surface area contributed by atoms with Gasteiger partial charge in [0.25, 0.3) is 0 Å². The molecule has 6 heteroatoms. The topological polar surface area (TPSA) is 54.3 Å². The molecule has 5 nitrogen and oxygen atoms in total. The summed E-state index contributed by atoms with van der Waals surface area (Å²) in [7, 11) is -1.53. The molecule has 1 aromatic rings. The van der Waals surface area contributed by atoms with Gasteiger partial charge in [0, 0.05) is 38.6 Å². The number of nitrogens with zero attached hydrogens (tertiary/aromatic N) is 2. The van der Waals surface area contributed by atoms with Gasteiger partial charge in [-0.1, -0.05) is 13.3 Å². The van der Waals surface area contributed by atoms with Crippen molar-refractivity contribution in [3.8, 4) is 0 Å².